The second kappa shape index (κ2) is 8.23. The molecule has 1 aliphatic rings. The van der Waals surface area contributed by atoms with E-state index in [4.69, 9.17) is 9.72 Å². The number of methoxy groups -OCH3 is 1. The SMILES string of the molecule is COc1cc(F)ccc1[C@H]1CN(c2nc(-c3ccncc3)cc(=O)n2C)CCN1C. The summed E-state index contributed by atoms with van der Waals surface area (Å²) < 4.78 is 20.7. The van der Waals surface area contributed by atoms with E-state index < -0.39 is 0 Å². The molecule has 0 unspecified atom stereocenters. The van der Waals surface area contributed by atoms with E-state index in [1.807, 2.05) is 19.2 Å². The second-order valence-corrected chi connectivity index (χ2v) is 7.40. The number of likely N-dealkylation sites (N-methyl/N-ethyl adjacent to an activating group) is 1. The molecule has 0 N–H and O–H groups in total. The van der Waals surface area contributed by atoms with Crippen molar-refractivity contribution in [1.29, 1.82) is 0 Å². The number of hydrogen-bond donors (Lipinski definition) is 0. The summed E-state index contributed by atoms with van der Waals surface area (Å²) in [6.07, 6.45) is 3.36. The number of anilines is 1. The summed E-state index contributed by atoms with van der Waals surface area (Å²) in [4.78, 5) is 25.8. The highest BCUT2D eigenvalue weighted by Gasteiger charge is 2.30. The lowest BCUT2D eigenvalue weighted by atomic mass is 10.0. The largest absolute Gasteiger partial charge is 0.496 e. The van der Waals surface area contributed by atoms with Crippen molar-refractivity contribution in [3.63, 3.8) is 0 Å². The topological polar surface area (TPSA) is 63.5 Å². The molecule has 3 heterocycles. The summed E-state index contributed by atoms with van der Waals surface area (Å²) >= 11 is 0. The van der Waals surface area contributed by atoms with Gasteiger partial charge in [0.1, 0.15) is 11.6 Å². The predicted molar refractivity (Wildman–Crippen MR) is 113 cm³/mol. The van der Waals surface area contributed by atoms with Crippen LogP contribution in [0.15, 0.2) is 53.6 Å². The van der Waals surface area contributed by atoms with Gasteiger partial charge in [-0.2, -0.15) is 0 Å². The van der Waals surface area contributed by atoms with Crippen molar-refractivity contribution in [3.8, 4) is 17.0 Å². The molecule has 3 aromatic rings. The predicted octanol–water partition coefficient (Wildman–Crippen LogP) is 2.48. The molecule has 1 aliphatic heterocycles. The molecule has 156 valence electrons. The van der Waals surface area contributed by atoms with E-state index in [0.717, 1.165) is 24.2 Å². The Morgan fingerprint density at radius 1 is 1.10 bits per heavy atom. The van der Waals surface area contributed by atoms with E-state index in [9.17, 15) is 9.18 Å². The summed E-state index contributed by atoms with van der Waals surface area (Å²) in [5, 5.41) is 0. The van der Waals surface area contributed by atoms with Crippen LogP contribution in [0.3, 0.4) is 0 Å². The Morgan fingerprint density at radius 2 is 1.87 bits per heavy atom. The average Bonchev–Trinajstić information content (AvgIpc) is 2.76. The summed E-state index contributed by atoms with van der Waals surface area (Å²) in [6.45, 7) is 2.08. The van der Waals surface area contributed by atoms with E-state index in [-0.39, 0.29) is 17.4 Å². The van der Waals surface area contributed by atoms with Crippen LogP contribution < -0.4 is 15.2 Å². The number of ether oxygens (including phenoxy) is 1. The fourth-order valence-corrected chi connectivity index (χ4v) is 3.83. The number of rotatable bonds is 4. The Bertz CT molecular complexity index is 1100. The Kier molecular flexibility index (Phi) is 5.50. The molecule has 1 fully saturated rings. The fourth-order valence-electron chi connectivity index (χ4n) is 3.83. The monoisotopic (exact) mass is 409 g/mol. The molecular formula is C22H24FN5O2. The average molecular weight is 409 g/mol. The molecule has 0 saturated carbocycles. The highest BCUT2D eigenvalue weighted by atomic mass is 19.1. The van der Waals surface area contributed by atoms with E-state index >= 15 is 0 Å². The van der Waals surface area contributed by atoms with Crippen molar-refractivity contribution in [3.05, 3.63) is 70.5 Å². The van der Waals surface area contributed by atoms with Gasteiger partial charge in [0, 0.05) is 62.3 Å². The molecular weight excluding hydrogens is 385 g/mol. The maximum Gasteiger partial charge on any atom is 0.255 e. The third-order valence-electron chi connectivity index (χ3n) is 5.57. The van der Waals surface area contributed by atoms with Crippen LogP contribution in [0.25, 0.3) is 11.3 Å². The van der Waals surface area contributed by atoms with Crippen LogP contribution in [0.5, 0.6) is 5.75 Å². The van der Waals surface area contributed by atoms with Gasteiger partial charge in [-0.05, 0) is 25.2 Å². The van der Waals surface area contributed by atoms with Gasteiger partial charge in [-0.3, -0.25) is 19.2 Å². The molecule has 0 spiro atoms. The molecule has 8 heteroatoms. The van der Waals surface area contributed by atoms with E-state index in [0.29, 0.717) is 23.9 Å². The second-order valence-electron chi connectivity index (χ2n) is 7.40. The van der Waals surface area contributed by atoms with Gasteiger partial charge in [-0.15, -0.1) is 0 Å². The number of nitrogens with zero attached hydrogens (tertiary/aromatic N) is 5. The molecule has 4 rings (SSSR count). The van der Waals surface area contributed by atoms with Crippen LogP contribution in [0.2, 0.25) is 0 Å². The lowest BCUT2D eigenvalue weighted by Crippen LogP contribution is -2.48. The van der Waals surface area contributed by atoms with E-state index in [1.165, 1.54) is 18.2 Å². The number of hydrogen-bond acceptors (Lipinski definition) is 6. The number of aromatic nitrogens is 3. The highest BCUT2D eigenvalue weighted by Crippen LogP contribution is 2.33. The third kappa shape index (κ3) is 3.78. The lowest BCUT2D eigenvalue weighted by Gasteiger charge is -2.40. The maximum absolute atomic E-state index is 13.7. The zero-order valence-corrected chi connectivity index (χ0v) is 17.2. The normalized spacial score (nSPS) is 17.2. The first-order valence-electron chi connectivity index (χ1n) is 9.75. The molecule has 0 amide bonds. The third-order valence-corrected chi connectivity index (χ3v) is 5.57. The minimum atomic E-state index is -0.333. The standard InChI is InChI=1S/C22H24FN5O2/c1-26-10-11-28(14-19(26)17-5-4-16(23)12-20(17)30-3)22-25-18(13-21(29)27(22)2)15-6-8-24-9-7-15/h4-9,12-13,19H,10-11,14H2,1-3H3/t19-/m1/s1. The smallest absolute Gasteiger partial charge is 0.255 e. The molecule has 0 radical (unpaired) electrons. The van der Waals surface area contributed by atoms with Crippen LogP contribution in [-0.2, 0) is 7.05 Å². The minimum absolute atomic E-state index is 0.0317. The molecule has 1 atom stereocenters. The highest BCUT2D eigenvalue weighted by molar-refractivity contribution is 5.59. The maximum atomic E-state index is 13.7. The fraction of sp³-hybridized carbons (Fsp3) is 0.318. The number of pyridine rings is 1. The quantitative estimate of drug-likeness (QED) is 0.660. The van der Waals surface area contributed by atoms with Gasteiger partial charge in [0.15, 0.2) is 0 Å². The van der Waals surface area contributed by atoms with Crippen molar-refractivity contribution in [1.82, 2.24) is 19.4 Å². The molecule has 1 saturated heterocycles. The van der Waals surface area contributed by atoms with Crippen LogP contribution in [0, 0.1) is 5.82 Å². The molecule has 30 heavy (non-hydrogen) atoms. The molecule has 0 aliphatic carbocycles. The first kappa shape index (κ1) is 20.0. The first-order chi connectivity index (χ1) is 14.5. The minimum Gasteiger partial charge on any atom is -0.496 e. The van der Waals surface area contributed by atoms with Gasteiger partial charge in [-0.25, -0.2) is 9.37 Å². The van der Waals surface area contributed by atoms with Crippen molar-refractivity contribution >= 4 is 5.95 Å². The summed E-state index contributed by atoms with van der Waals surface area (Å²) in [6, 6.07) is 9.79. The molecule has 2 aromatic heterocycles. The zero-order valence-electron chi connectivity index (χ0n) is 17.2. The van der Waals surface area contributed by atoms with Crippen LogP contribution in [-0.4, -0.2) is 53.2 Å². The zero-order chi connectivity index (χ0) is 21.3. The molecule has 1 aromatic carbocycles. The Hall–Kier alpha value is -3.26. The van der Waals surface area contributed by atoms with E-state index in [2.05, 4.69) is 14.8 Å². The lowest BCUT2D eigenvalue weighted by molar-refractivity contribution is 0.214. The summed E-state index contributed by atoms with van der Waals surface area (Å²) in [5.74, 6) is 0.787. The summed E-state index contributed by atoms with van der Waals surface area (Å²) in [5.41, 5.74) is 2.24. The number of piperazine rings is 1. The van der Waals surface area contributed by atoms with Crippen molar-refractivity contribution in [2.24, 2.45) is 7.05 Å². The van der Waals surface area contributed by atoms with Crippen molar-refractivity contribution < 1.29 is 9.13 Å². The number of halogens is 1. The first-order valence-corrected chi connectivity index (χ1v) is 9.75. The van der Waals surface area contributed by atoms with Crippen molar-refractivity contribution in [2.75, 3.05) is 38.7 Å². The Morgan fingerprint density at radius 3 is 2.60 bits per heavy atom. The van der Waals surface area contributed by atoms with E-state index in [1.54, 1.807) is 37.2 Å². The Labute approximate surface area is 174 Å². The number of benzene rings is 1. The molecule has 0 bridgehead atoms. The molecule has 7 nitrogen and oxygen atoms in total. The van der Waals surface area contributed by atoms with Gasteiger partial charge in [0.25, 0.3) is 5.56 Å². The van der Waals surface area contributed by atoms with Crippen LogP contribution in [0.1, 0.15) is 11.6 Å². The Balaban J connectivity index is 1.72. The van der Waals surface area contributed by atoms with Gasteiger partial charge >= 0.3 is 0 Å². The van der Waals surface area contributed by atoms with Gasteiger partial charge in [0.05, 0.1) is 18.8 Å². The van der Waals surface area contributed by atoms with Gasteiger partial charge in [0.2, 0.25) is 5.95 Å². The summed E-state index contributed by atoms with van der Waals surface area (Å²) in [7, 11) is 5.31. The van der Waals surface area contributed by atoms with Gasteiger partial charge < -0.3 is 9.64 Å². The van der Waals surface area contributed by atoms with Crippen LogP contribution in [0.4, 0.5) is 10.3 Å². The van der Waals surface area contributed by atoms with Crippen LogP contribution >= 0.6 is 0 Å². The van der Waals surface area contributed by atoms with Crippen molar-refractivity contribution in [2.45, 2.75) is 6.04 Å². The van der Waals surface area contributed by atoms with Gasteiger partial charge in [-0.1, -0.05) is 6.07 Å².